The number of rotatable bonds is 10. The summed E-state index contributed by atoms with van der Waals surface area (Å²) in [5, 5.41) is 9.82. The number of halogens is 1. The third-order valence-corrected chi connectivity index (χ3v) is 5.16. The number of nitrogens with one attached hydrogen (secondary N) is 2. The quantitative estimate of drug-likeness (QED) is 0.216. The molecular formula is C19H31IN6OS. The van der Waals surface area contributed by atoms with Gasteiger partial charge in [-0.15, -0.1) is 35.3 Å². The average Bonchev–Trinajstić information content (AvgIpc) is 3.16. The molecule has 9 heteroatoms. The Bertz CT molecular complexity index is 697. The molecule has 0 fully saturated rings. The zero-order chi connectivity index (χ0) is 19.5. The third kappa shape index (κ3) is 8.27. The van der Waals surface area contributed by atoms with Crippen LogP contribution in [0.25, 0.3) is 0 Å². The molecule has 0 spiro atoms. The average molecular weight is 518 g/mol. The second kappa shape index (κ2) is 13.7. The minimum absolute atomic E-state index is 0. The van der Waals surface area contributed by atoms with Gasteiger partial charge in [-0.3, -0.25) is 4.99 Å². The van der Waals surface area contributed by atoms with Crippen LogP contribution in [-0.4, -0.2) is 55.1 Å². The molecule has 0 bridgehead atoms. The molecule has 2 rings (SSSR count). The van der Waals surface area contributed by atoms with E-state index >= 15 is 0 Å². The molecule has 0 aliphatic heterocycles. The maximum Gasteiger partial charge on any atom is 0.193 e. The number of hydrogen-bond acceptors (Lipinski definition) is 6. The van der Waals surface area contributed by atoms with E-state index in [4.69, 9.17) is 4.74 Å². The van der Waals surface area contributed by atoms with Crippen LogP contribution < -0.4 is 10.6 Å². The molecule has 2 N–H and O–H groups in total. The highest BCUT2D eigenvalue weighted by Gasteiger charge is 2.12. The number of anilines is 1. The third-order valence-electron chi connectivity index (χ3n) is 4.10. The number of aliphatic imine (C=N–C) groups is 1. The number of guanidine groups is 1. The summed E-state index contributed by atoms with van der Waals surface area (Å²) >= 11 is 1.63. The largest absolute Gasteiger partial charge is 0.375 e. The number of aromatic nitrogens is 2. The van der Waals surface area contributed by atoms with Gasteiger partial charge in [0.25, 0.3) is 0 Å². The monoisotopic (exact) mass is 518 g/mol. The SMILES string of the molecule is CN=C(NCCCCNc1ccccn1)N(C)Cc1csc(C(C)OC)n1.I. The van der Waals surface area contributed by atoms with E-state index in [-0.39, 0.29) is 30.1 Å². The Morgan fingerprint density at radius 1 is 1.32 bits per heavy atom. The first-order valence-corrected chi connectivity index (χ1v) is 10.1. The Balaban J connectivity index is 0.00000392. The summed E-state index contributed by atoms with van der Waals surface area (Å²) in [6.45, 7) is 4.51. The molecule has 0 aliphatic carbocycles. The number of hydrogen-bond donors (Lipinski definition) is 2. The van der Waals surface area contributed by atoms with Gasteiger partial charge in [0.2, 0.25) is 0 Å². The van der Waals surface area contributed by atoms with Crippen molar-refractivity contribution in [3.63, 3.8) is 0 Å². The molecule has 0 saturated heterocycles. The maximum atomic E-state index is 5.33. The lowest BCUT2D eigenvalue weighted by atomic mass is 10.3. The number of ether oxygens (including phenoxy) is 1. The highest BCUT2D eigenvalue weighted by Crippen LogP contribution is 2.20. The van der Waals surface area contributed by atoms with Crippen molar-refractivity contribution in [2.45, 2.75) is 32.4 Å². The van der Waals surface area contributed by atoms with E-state index in [1.165, 1.54) is 0 Å². The van der Waals surface area contributed by atoms with Crippen LogP contribution >= 0.6 is 35.3 Å². The second-order valence-electron chi connectivity index (χ2n) is 6.23. The predicted molar refractivity (Wildman–Crippen MR) is 128 cm³/mol. The van der Waals surface area contributed by atoms with E-state index in [9.17, 15) is 0 Å². The van der Waals surface area contributed by atoms with Crippen molar-refractivity contribution in [1.29, 1.82) is 0 Å². The Hall–Kier alpha value is -1.46. The lowest BCUT2D eigenvalue weighted by Crippen LogP contribution is -2.39. The maximum absolute atomic E-state index is 5.33. The Kier molecular flexibility index (Phi) is 12.0. The number of unbranched alkanes of at least 4 members (excludes halogenated alkanes) is 1. The minimum atomic E-state index is 0. The fourth-order valence-corrected chi connectivity index (χ4v) is 3.36. The normalized spacial score (nSPS) is 12.2. The van der Waals surface area contributed by atoms with E-state index in [0.717, 1.165) is 48.4 Å². The first kappa shape index (κ1) is 24.6. The van der Waals surface area contributed by atoms with Crippen molar-refractivity contribution in [2.24, 2.45) is 4.99 Å². The predicted octanol–water partition coefficient (Wildman–Crippen LogP) is 3.76. The molecule has 156 valence electrons. The standard InChI is InChI=1S/C19H30N6OS.HI/c1-15(26-4)18-24-16(14-27-18)13-25(3)19(20-2)23-12-8-7-11-22-17-9-5-6-10-21-17;/h5-6,9-10,14-15H,7-8,11-13H2,1-4H3,(H,20,23)(H,21,22);1H. The Labute approximate surface area is 189 Å². The molecule has 1 atom stereocenters. The minimum Gasteiger partial charge on any atom is -0.375 e. The van der Waals surface area contributed by atoms with Crippen molar-refractivity contribution in [1.82, 2.24) is 20.2 Å². The van der Waals surface area contributed by atoms with Crippen LogP contribution in [0, 0.1) is 0 Å². The summed E-state index contributed by atoms with van der Waals surface area (Å²) in [6, 6.07) is 5.88. The molecule has 0 aromatic carbocycles. The molecule has 2 aromatic heterocycles. The zero-order valence-electron chi connectivity index (χ0n) is 17.0. The van der Waals surface area contributed by atoms with Crippen molar-refractivity contribution >= 4 is 47.1 Å². The highest BCUT2D eigenvalue weighted by atomic mass is 127. The van der Waals surface area contributed by atoms with Crippen molar-refractivity contribution < 1.29 is 4.74 Å². The number of pyridine rings is 1. The number of nitrogens with zero attached hydrogens (tertiary/aromatic N) is 4. The first-order chi connectivity index (χ1) is 13.1. The molecule has 0 aliphatic rings. The van der Waals surface area contributed by atoms with Crippen molar-refractivity contribution in [3.05, 3.63) is 40.5 Å². The van der Waals surface area contributed by atoms with E-state index in [2.05, 4.69) is 35.9 Å². The smallest absolute Gasteiger partial charge is 0.193 e. The molecule has 28 heavy (non-hydrogen) atoms. The first-order valence-electron chi connectivity index (χ1n) is 9.17. The van der Waals surface area contributed by atoms with Crippen LogP contribution in [0.15, 0.2) is 34.8 Å². The van der Waals surface area contributed by atoms with Crippen LogP contribution in [0.3, 0.4) is 0 Å². The van der Waals surface area contributed by atoms with Crippen LogP contribution in [0.5, 0.6) is 0 Å². The van der Waals surface area contributed by atoms with Gasteiger partial charge in [0.15, 0.2) is 5.96 Å². The Morgan fingerprint density at radius 2 is 2.11 bits per heavy atom. The van der Waals surface area contributed by atoms with Gasteiger partial charge in [0, 0.05) is 45.9 Å². The fraction of sp³-hybridized carbons (Fsp3) is 0.526. The highest BCUT2D eigenvalue weighted by molar-refractivity contribution is 14.0. The topological polar surface area (TPSA) is 74.7 Å². The lowest BCUT2D eigenvalue weighted by Gasteiger charge is -2.21. The van der Waals surface area contributed by atoms with Crippen LogP contribution in [0.2, 0.25) is 0 Å². The van der Waals surface area contributed by atoms with Crippen LogP contribution in [0.4, 0.5) is 5.82 Å². The summed E-state index contributed by atoms with van der Waals surface area (Å²) in [4.78, 5) is 15.3. The van der Waals surface area contributed by atoms with E-state index in [1.54, 1.807) is 31.7 Å². The fourth-order valence-electron chi connectivity index (χ4n) is 2.52. The summed E-state index contributed by atoms with van der Waals surface area (Å²) in [6.07, 6.45) is 3.95. The molecule has 0 saturated carbocycles. The van der Waals surface area contributed by atoms with Gasteiger partial charge in [-0.2, -0.15) is 0 Å². The Morgan fingerprint density at radius 3 is 2.79 bits per heavy atom. The number of thiazole rings is 1. The van der Waals surface area contributed by atoms with Crippen LogP contribution in [-0.2, 0) is 11.3 Å². The van der Waals surface area contributed by atoms with Crippen LogP contribution in [0.1, 0.15) is 36.6 Å². The number of methoxy groups -OCH3 is 1. The zero-order valence-corrected chi connectivity index (χ0v) is 20.2. The van der Waals surface area contributed by atoms with E-state index in [0.29, 0.717) is 6.54 Å². The second-order valence-corrected chi connectivity index (χ2v) is 7.12. The lowest BCUT2D eigenvalue weighted by molar-refractivity contribution is 0.119. The summed E-state index contributed by atoms with van der Waals surface area (Å²) in [7, 11) is 5.53. The summed E-state index contributed by atoms with van der Waals surface area (Å²) in [5.41, 5.74) is 1.03. The van der Waals surface area contributed by atoms with Gasteiger partial charge in [0.1, 0.15) is 16.9 Å². The summed E-state index contributed by atoms with van der Waals surface area (Å²) in [5.74, 6) is 1.80. The summed E-state index contributed by atoms with van der Waals surface area (Å²) < 4.78 is 5.33. The van der Waals surface area contributed by atoms with Gasteiger partial charge < -0.3 is 20.3 Å². The molecule has 0 amide bonds. The molecule has 2 heterocycles. The van der Waals surface area contributed by atoms with E-state index in [1.807, 2.05) is 32.2 Å². The van der Waals surface area contributed by atoms with Gasteiger partial charge in [-0.25, -0.2) is 9.97 Å². The van der Waals surface area contributed by atoms with Gasteiger partial charge >= 0.3 is 0 Å². The molecule has 7 nitrogen and oxygen atoms in total. The molecular weight excluding hydrogens is 487 g/mol. The van der Waals surface area contributed by atoms with Crippen molar-refractivity contribution in [3.8, 4) is 0 Å². The van der Waals surface area contributed by atoms with E-state index < -0.39 is 0 Å². The van der Waals surface area contributed by atoms with Gasteiger partial charge in [0.05, 0.1) is 12.2 Å². The van der Waals surface area contributed by atoms with Gasteiger partial charge in [-0.05, 0) is 31.9 Å². The molecule has 1 unspecified atom stereocenters. The van der Waals surface area contributed by atoms with Gasteiger partial charge in [-0.1, -0.05) is 6.07 Å². The molecule has 2 aromatic rings. The molecule has 0 radical (unpaired) electrons. The van der Waals surface area contributed by atoms with Crippen molar-refractivity contribution in [2.75, 3.05) is 39.6 Å².